The second-order valence-electron chi connectivity index (χ2n) is 5.25. The van der Waals surface area contributed by atoms with Crippen LogP contribution in [0.5, 0.6) is 0 Å². The molecule has 2 aromatic heterocycles. The Hall–Kier alpha value is -1.88. The molecule has 1 aliphatic heterocycles. The molecule has 3 heterocycles. The molecule has 7 nitrogen and oxygen atoms in total. The van der Waals surface area contributed by atoms with Gasteiger partial charge in [0.1, 0.15) is 11.5 Å². The fourth-order valence-electron chi connectivity index (χ4n) is 2.57. The van der Waals surface area contributed by atoms with Gasteiger partial charge in [0.25, 0.3) is 10.0 Å². The van der Waals surface area contributed by atoms with Crippen LogP contribution in [0.15, 0.2) is 23.7 Å². The van der Waals surface area contributed by atoms with Crippen LogP contribution in [0, 0.1) is 0 Å². The van der Waals surface area contributed by atoms with Crippen LogP contribution in [0.1, 0.15) is 30.3 Å². The third kappa shape index (κ3) is 3.11. The first-order chi connectivity index (χ1) is 10.8. The standard InChI is InChI=1S/C12H14F3N5O2S/c13-12(14,15)9-7-18-10(19-9)8-1-5-20(6-2-8)23(21,22)11-16-3-4-17-11/h3-4,7-8H,1-2,5-6H2,(H,16,17)(H,18,19). The van der Waals surface area contributed by atoms with Crippen LogP contribution >= 0.6 is 0 Å². The predicted molar refractivity (Wildman–Crippen MR) is 72.9 cm³/mol. The van der Waals surface area contributed by atoms with E-state index in [2.05, 4.69) is 19.9 Å². The summed E-state index contributed by atoms with van der Waals surface area (Å²) in [5.41, 5.74) is -0.891. The van der Waals surface area contributed by atoms with Crippen LogP contribution in [0.3, 0.4) is 0 Å². The SMILES string of the molecule is O=S(=O)(c1ncc[nH]1)N1CCC(c2ncc(C(F)(F)F)[nH]2)CC1. The highest BCUT2D eigenvalue weighted by Crippen LogP contribution is 2.32. The Labute approximate surface area is 130 Å². The van der Waals surface area contributed by atoms with E-state index in [4.69, 9.17) is 0 Å². The molecular formula is C12H14F3N5O2S. The Morgan fingerprint density at radius 2 is 1.91 bits per heavy atom. The largest absolute Gasteiger partial charge is 0.432 e. The van der Waals surface area contributed by atoms with Crippen molar-refractivity contribution in [2.24, 2.45) is 0 Å². The molecule has 2 aromatic rings. The Balaban J connectivity index is 1.68. The van der Waals surface area contributed by atoms with Crippen LogP contribution in [0.4, 0.5) is 13.2 Å². The van der Waals surface area contributed by atoms with Gasteiger partial charge < -0.3 is 9.97 Å². The molecular weight excluding hydrogens is 335 g/mol. The average Bonchev–Trinajstić information content (AvgIpc) is 3.18. The van der Waals surface area contributed by atoms with E-state index in [1.807, 2.05) is 0 Å². The van der Waals surface area contributed by atoms with Crippen molar-refractivity contribution in [1.82, 2.24) is 24.2 Å². The quantitative estimate of drug-likeness (QED) is 0.882. The summed E-state index contributed by atoms with van der Waals surface area (Å²) < 4.78 is 63.6. The van der Waals surface area contributed by atoms with Gasteiger partial charge in [-0.3, -0.25) is 0 Å². The van der Waals surface area contributed by atoms with E-state index in [1.165, 1.54) is 16.7 Å². The van der Waals surface area contributed by atoms with Crippen LogP contribution < -0.4 is 0 Å². The third-order valence-electron chi connectivity index (χ3n) is 3.80. The lowest BCUT2D eigenvalue weighted by Gasteiger charge is -2.29. The van der Waals surface area contributed by atoms with Crippen LogP contribution in [-0.4, -0.2) is 45.7 Å². The molecule has 126 valence electrons. The van der Waals surface area contributed by atoms with Crippen molar-refractivity contribution in [3.8, 4) is 0 Å². The highest BCUT2D eigenvalue weighted by Gasteiger charge is 2.36. The summed E-state index contributed by atoms with van der Waals surface area (Å²) >= 11 is 0. The topological polar surface area (TPSA) is 94.7 Å². The van der Waals surface area contributed by atoms with E-state index >= 15 is 0 Å². The Bertz CT molecular complexity index is 761. The molecule has 1 fully saturated rings. The maximum Gasteiger partial charge on any atom is 0.432 e. The number of hydrogen-bond acceptors (Lipinski definition) is 4. The number of rotatable bonds is 3. The zero-order chi connectivity index (χ0) is 16.7. The van der Waals surface area contributed by atoms with Gasteiger partial charge in [-0.15, -0.1) is 0 Å². The summed E-state index contributed by atoms with van der Waals surface area (Å²) in [5.74, 6) is 0.0153. The highest BCUT2D eigenvalue weighted by atomic mass is 32.2. The predicted octanol–water partition coefficient (Wildman–Crippen LogP) is 1.72. The summed E-state index contributed by atoms with van der Waals surface area (Å²) in [6.07, 6.45) is -0.145. The van der Waals surface area contributed by atoms with E-state index in [0.29, 0.717) is 12.8 Å². The van der Waals surface area contributed by atoms with Crippen molar-refractivity contribution in [2.45, 2.75) is 30.1 Å². The Morgan fingerprint density at radius 3 is 2.43 bits per heavy atom. The number of sulfonamides is 1. The minimum absolute atomic E-state index is 0.131. The summed E-state index contributed by atoms with van der Waals surface area (Å²) in [5, 5.41) is -0.131. The van der Waals surface area contributed by atoms with E-state index in [-0.39, 0.29) is 30.0 Å². The first kappa shape index (κ1) is 16.0. The molecule has 1 saturated heterocycles. The fourth-order valence-corrected chi connectivity index (χ4v) is 3.92. The van der Waals surface area contributed by atoms with Gasteiger partial charge in [-0.25, -0.2) is 18.4 Å². The number of piperidine rings is 1. The maximum atomic E-state index is 12.6. The molecule has 0 aromatic carbocycles. The maximum absolute atomic E-state index is 12.6. The van der Waals surface area contributed by atoms with Crippen molar-refractivity contribution < 1.29 is 21.6 Å². The number of H-pyrrole nitrogens is 2. The molecule has 0 atom stereocenters. The van der Waals surface area contributed by atoms with E-state index in [9.17, 15) is 21.6 Å². The second kappa shape index (κ2) is 5.64. The summed E-state index contributed by atoms with van der Waals surface area (Å²) in [6.45, 7) is 0.408. The minimum atomic E-state index is -4.46. The number of hydrogen-bond donors (Lipinski definition) is 2. The summed E-state index contributed by atoms with van der Waals surface area (Å²) in [6, 6.07) is 0. The molecule has 0 saturated carbocycles. The summed E-state index contributed by atoms with van der Waals surface area (Å²) in [7, 11) is -3.69. The van der Waals surface area contributed by atoms with Gasteiger partial charge in [0.15, 0.2) is 0 Å². The molecule has 11 heteroatoms. The van der Waals surface area contributed by atoms with E-state index in [0.717, 1.165) is 6.20 Å². The zero-order valence-corrected chi connectivity index (χ0v) is 12.7. The van der Waals surface area contributed by atoms with Gasteiger partial charge in [0.2, 0.25) is 5.16 Å². The molecule has 23 heavy (non-hydrogen) atoms. The highest BCUT2D eigenvalue weighted by molar-refractivity contribution is 7.88. The average molecular weight is 349 g/mol. The lowest BCUT2D eigenvalue weighted by molar-refractivity contribution is -0.141. The molecule has 0 spiro atoms. The number of halogens is 3. The normalized spacial score (nSPS) is 18.4. The molecule has 0 bridgehead atoms. The van der Waals surface area contributed by atoms with Crippen molar-refractivity contribution in [3.05, 3.63) is 30.1 Å². The van der Waals surface area contributed by atoms with Gasteiger partial charge in [0.05, 0.1) is 6.20 Å². The number of imidazole rings is 2. The van der Waals surface area contributed by atoms with Crippen molar-refractivity contribution in [3.63, 3.8) is 0 Å². The fraction of sp³-hybridized carbons (Fsp3) is 0.500. The van der Waals surface area contributed by atoms with Crippen molar-refractivity contribution >= 4 is 10.0 Å². The van der Waals surface area contributed by atoms with Gasteiger partial charge in [-0.05, 0) is 12.8 Å². The first-order valence-electron chi connectivity index (χ1n) is 6.90. The van der Waals surface area contributed by atoms with Crippen LogP contribution in [0.25, 0.3) is 0 Å². The van der Waals surface area contributed by atoms with Gasteiger partial charge in [-0.2, -0.15) is 17.5 Å². The molecule has 0 amide bonds. The van der Waals surface area contributed by atoms with Gasteiger partial charge >= 0.3 is 6.18 Å². The molecule has 0 unspecified atom stereocenters. The number of alkyl halides is 3. The number of nitrogens with one attached hydrogen (secondary N) is 2. The number of nitrogens with zero attached hydrogens (tertiary/aromatic N) is 3. The zero-order valence-electron chi connectivity index (χ0n) is 11.8. The van der Waals surface area contributed by atoms with Crippen LogP contribution in [0.2, 0.25) is 0 Å². The third-order valence-corrected chi connectivity index (χ3v) is 5.56. The number of aromatic nitrogens is 4. The second-order valence-corrected chi connectivity index (χ2v) is 7.11. The van der Waals surface area contributed by atoms with Gasteiger partial charge in [-0.1, -0.05) is 0 Å². The monoisotopic (exact) mass is 349 g/mol. The molecule has 3 rings (SSSR count). The molecule has 0 aliphatic carbocycles. The van der Waals surface area contributed by atoms with Crippen molar-refractivity contribution in [2.75, 3.05) is 13.1 Å². The molecule has 0 radical (unpaired) electrons. The number of aromatic amines is 2. The Kier molecular flexibility index (Phi) is 3.92. The Morgan fingerprint density at radius 1 is 1.22 bits per heavy atom. The lowest BCUT2D eigenvalue weighted by Crippen LogP contribution is -2.38. The summed E-state index contributed by atoms with van der Waals surface area (Å²) in [4.78, 5) is 12.4. The van der Waals surface area contributed by atoms with E-state index < -0.39 is 21.9 Å². The minimum Gasteiger partial charge on any atom is -0.338 e. The molecule has 2 N–H and O–H groups in total. The van der Waals surface area contributed by atoms with E-state index in [1.54, 1.807) is 0 Å². The smallest absolute Gasteiger partial charge is 0.338 e. The lowest BCUT2D eigenvalue weighted by atomic mass is 9.97. The van der Waals surface area contributed by atoms with Gasteiger partial charge in [0, 0.05) is 31.4 Å². The van der Waals surface area contributed by atoms with Crippen LogP contribution in [-0.2, 0) is 16.2 Å². The first-order valence-corrected chi connectivity index (χ1v) is 8.34. The molecule has 1 aliphatic rings. The van der Waals surface area contributed by atoms with Crippen molar-refractivity contribution in [1.29, 1.82) is 0 Å².